The maximum Gasteiger partial charge on any atom is 0.460 e. The van der Waals surface area contributed by atoms with Gasteiger partial charge in [-0.1, -0.05) is 13.8 Å². The Morgan fingerprint density at radius 1 is 1.07 bits per heavy atom. The van der Waals surface area contributed by atoms with Crippen molar-refractivity contribution in [2.75, 3.05) is 6.61 Å². The Morgan fingerprint density at radius 3 is 2.04 bits per heavy atom. The molecule has 6 atom stereocenters. The second-order valence-corrected chi connectivity index (χ2v) is 7.81. The van der Waals surface area contributed by atoms with E-state index in [1.807, 2.05) is 0 Å². The smallest absolute Gasteiger partial charge is 0.460 e. The minimum absolute atomic E-state index is 0.0449. The first-order valence-corrected chi connectivity index (χ1v) is 8.83. The fraction of sp³-hybridized carbons (Fsp3) is 0.882. The molecule has 2 aliphatic carbocycles. The van der Waals surface area contributed by atoms with Crippen molar-refractivity contribution in [1.29, 1.82) is 0 Å². The summed E-state index contributed by atoms with van der Waals surface area (Å²) in [6, 6.07) is 0. The molecular formula is C17H21F7O4. The Hall–Kier alpha value is -1.55. The van der Waals surface area contributed by atoms with E-state index in [1.54, 1.807) is 6.92 Å². The zero-order valence-electron chi connectivity index (χ0n) is 15.1. The predicted molar refractivity (Wildman–Crippen MR) is 80.7 cm³/mol. The van der Waals surface area contributed by atoms with E-state index in [0.717, 1.165) is 19.8 Å². The Bertz CT molecular complexity index is 617. The molecule has 162 valence electrons. The van der Waals surface area contributed by atoms with E-state index in [2.05, 4.69) is 4.74 Å². The first kappa shape index (κ1) is 22.7. The van der Waals surface area contributed by atoms with Crippen LogP contribution in [0.5, 0.6) is 0 Å². The van der Waals surface area contributed by atoms with Crippen LogP contribution in [0.15, 0.2) is 0 Å². The van der Waals surface area contributed by atoms with Gasteiger partial charge in [0.2, 0.25) is 0 Å². The van der Waals surface area contributed by atoms with Crippen LogP contribution in [0.1, 0.15) is 33.1 Å². The van der Waals surface area contributed by atoms with E-state index in [1.165, 1.54) is 0 Å². The number of carbonyl (C=O) groups excluding carboxylic acids is 1. The molecule has 2 aliphatic rings. The number of halogens is 7. The molecule has 0 spiro atoms. The molecule has 0 radical (unpaired) electrons. The number of carboxylic acid groups (broad SMARTS) is 1. The Morgan fingerprint density at radius 2 is 1.61 bits per heavy atom. The van der Waals surface area contributed by atoms with Crippen LogP contribution in [0.25, 0.3) is 0 Å². The van der Waals surface area contributed by atoms with Gasteiger partial charge in [0.15, 0.2) is 6.61 Å². The second kappa shape index (κ2) is 7.37. The number of rotatable bonds is 7. The molecule has 0 aliphatic heterocycles. The molecule has 0 saturated heterocycles. The lowest BCUT2D eigenvalue weighted by Gasteiger charge is -2.36. The van der Waals surface area contributed by atoms with Crippen molar-refractivity contribution in [1.82, 2.24) is 0 Å². The van der Waals surface area contributed by atoms with Crippen molar-refractivity contribution in [2.24, 2.45) is 35.5 Å². The number of aliphatic carboxylic acids is 1. The van der Waals surface area contributed by atoms with E-state index >= 15 is 0 Å². The fourth-order valence-corrected chi connectivity index (χ4v) is 4.65. The zero-order valence-corrected chi connectivity index (χ0v) is 15.1. The standard InChI is InChI=1S/C17H21F7O4/c1-7-9-3-4-10(5-9)11(7)12(8(2)13(25)26)14(27)28-6-15(18,19)16(20,21)17(22,23)24/h7-12H,3-6H2,1-2H3,(H,25,26). The van der Waals surface area contributed by atoms with Crippen LogP contribution in [0.2, 0.25) is 0 Å². The molecule has 0 heterocycles. The fourth-order valence-electron chi connectivity index (χ4n) is 4.65. The Labute approximate surface area is 156 Å². The van der Waals surface area contributed by atoms with Crippen LogP contribution in [-0.2, 0) is 14.3 Å². The summed E-state index contributed by atoms with van der Waals surface area (Å²) in [5, 5.41) is 9.26. The van der Waals surface area contributed by atoms with Crippen molar-refractivity contribution >= 4 is 11.9 Å². The number of ether oxygens (including phenoxy) is 1. The molecular weight excluding hydrogens is 401 g/mol. The van der Waals surface area contributed by atoms with Crippen molar-refractivity contribution in [2.45, 2.75) is 51.1 Å². The summed E-state index contributed by atoms with van der Waals surface area (Å²) >= 11 is 0. The molecule has 11 heteroatoms. The number of fused-ring (bicyclic) bond motifs is 2. The van der Waals surface area contributed by atoms with Crippen LogP contribution in [0.3, 0.4) is 0 Å². The summed E-state index contributed by atoms with van der Waals surface area (Å²) in [4.78, 5) is 23.8. The number of carboxylic acids is 1. The Balaban J connectivity index is 2.19. The highest BCUT2D eigenvalue weighted by Crippen LogP contribution is 2.56. The van der Waals surface area contributed by atoms with Crippen LogP contribution in [-0.4, -0.2) is 41.7 Å². The highest BCUT2D eigenvalue weighted by Gasteiger charge is 2.73. The normalized spacial score (nSPS) is 30.2. The van der Waals surface area contributed by atoms with E-state index in [9.17, 15) is 45.4 Å². The van der Waals surface area contributed by atoms with Crippen LogP contribution < -0.4 is 0 Å². The Kier molecular flexibility index (Phi) is 5.98. The molecule has 1 N–H and O–H groups in total. The van der Waals surface area contributed by atoms with Crippen molar-refractivity contribution < 1.29 is 50.2 Å². The van der Waals surface area contributed by atoms with Gasteiger partial charge in [0.05, 0.1) is 11.8 Å². The van der Waals surface area contributed by atoms with E-state index in [0.29, 0.717) is 6.42 Å². The number of hydrogen-bond acceptors (Lipinski definition) is 3. The van der Waals surface area contributed by atoms with Gasteiger partial charge >= 0.3 is 30.0 Å². The second-order valence-electron chi connectivity index (χ2n) is 7.81. The third-order valence-electron chi connectivity index (χ3n) is 6.23. The third kappa shape index (κ3) is 3.80. The first-order valence-electron chi connectivity index (χ1n) is 8.83. The maximum atomic E-state index is 13.4. The monoisotopic (exact) mass is 422 g/mol. The topological polar surface area (TPSA) is 63.6 Å². The summed E-state index contributed by atoms with van der Waals surface area (Å²) in [5.74, 6) is -18.2. The quantitative estimate of drug-likeness (QED) is 0.489. The maximum absolute atomic E-state index is 13.4. The predicted octanol–water partition coefficient (Wildman–Crippen LogP) is 4.38. The molecule has 0 aromatic heterocycles. The number of alkyl halides is 7. The molecule has 28 heavy (non-hydrogen) atoms. The van der Waals surface area contributed by atoms with E-state index in [4.69, 9.17) is 0 Å². The van der Waals surface area contributed by atoms with Gasteiger partial charge in [-0.2, -0.15) is 30.7 Å². The number of hydrogen-bond donors (Lipinski definition) is 1. The van der Waals surface area contributed by atoms with Gasteiger partial charge in [0, 0.05) is 0 Å². The number of carbonyl (C=O) groups is 2. The average Bonchev–Trinajstić information content (AvgIpc) is 3.14. The lowest BCUT2D eigenvalue weighted by Crippen LogP contribution is -2.54. The first-order chi connectivity index (χ1) is 12.6. The molecule has 2 rings (SSSR count). The lowest BCUT2D eigenvalue weighted by molar-refractivity contribution is -0.360. The molecule has 6 unspecified atom stereocenters. The average molecular weight is 422 g/mol. The van der Waals surface area contributed by atoms with Crippen LogP contribution in [0, 0.1) is 35.5 Å². The largest absolute Gasteiger partial charge is 0.481 e. The van der Waals surface area contributed by atoms with E-state index < -0.39 is 54.3 Å². The summed E-state index contributed by atoms with van der Waals surface area (Å²) in [5.41, 5.74) is 0. The number of esters is 1. The minimum Gasteiger partial charge on any atom is -0.481 e. The molecule has 0 aromatic rings. The van der Waals surface area contributed by atoms with Crippen LogP contribution >= 0.6 is 0 Å². The summed E-state index contributed by atoms with van der Waals surface area (Å²) < 4.78 is 93.5. The molecule has 4 nitrogen and oxygen atoms in total. The van der Waals surface area contributed by atoms with Gasteiger partial charge in [0.1, 0.15) is 0 Å². The molecule has 2 fully saturated rings. The van der Waals surface area contributed by atoms with Crippen molar-refractivity contribution in [3.8, 4) is 0 Å². The van der Waals surface area contributed by atoms with Gasteiger partial charge in [-0.15, -0.1) is 0 Å². The molecule has 2 saturated carbocycles. The minimum atomic E-state index is -6.53. The molecule has 0 aromatic carbocycles. The summed E-state index contributed by atoms with van der Waals surface area (Å²) in [7, 11) is 0. The lowest BCUT2D eigenvalue weighted by atomic mass is 9.69. The highest BCUT2D eigenvalue weighted by molar-refractivity contribution is 5.81. The SMILES string of the molecule is CC(C(=O)O)C(C(=O)OCC(F)(F)C(F)(F)C(F)(F)F)C1C2CCC(C2)C1C. The van der Waals surface area contributed by atoms with E-state index in [-0.39, 0.29) is 17.8 Å². The summed E-state index contributed by atoms with van der Waals surface area (Å²) in [6.45, 7) is 0.460. The van der Waals surface area contributed by atoms with Gasteiger partial charge in [-0.3, -0.25) is 9.59 Å². The molecule has 0 amide bonds. The third-order valence-corrected chi connectivity index (χ3v) is 6.23. The highest BCUT2D eigenvalue weighted by atomic mass is 19.4. The van der Waals surface area contributed by atoms with Gasteiger partial charge in [-0.25, -0.2) is 0 Å². The van der Waals surface area contributed by atoms with Crippen LogP contribution in [0.4, 0.5) is 30.7 Å². The van der Waals surface area contributed by atoms with Gasteiger partial charge in [-0.05, 0) is 42.9 Å². The zero-order chi connectivity index (χ0) is 21.7. The van der Waals surface area contributed by atoms with Crippen molar-refractivity contribution in [3.05, 3.63) is 0 Å². The molecule has 2 bridgehead atoms. The van der Waals surface area contributed by atoms with Gasteiger partial charge < -0.3 is 9.84 Å². The van der Waals surface area contributed by atoms with Crippen molar-refractivity contribution in [3.63, 3.8) is 0 Å². The van der Waals surface area contributed by atoms with Gasteiger partial charge in [0.25, 0.3) is 0 Å². The summed E-state index contributed by atoms with van der Waals surface area (Å²) in [6.07, 6.45) is -4.22.